The predicted molar refractivity (Wildman–Crippen MR) is 52.9 cm³/mol. The molecule has 0 spiro atoms. The van der Waals surface area contributed by atoms with E-state index < -0.39 is 8.32 Å². The quantitative estimate of drug-likeness (QED) is 0.640. The monoisotopic (exact) mass is 192 g/mol. The number of hydrogen-bond acceptors (Lipinski definition) is 1. The molecular formula is C8H13KOSi. The van der Waals surface area contributed by atoms with Crippen molar-refractivity contribution >= 4 is 64.9 Å². The van der Waals surface area contributed by atoms with Gasteiger partial charge in [-0.25, -0.2) is 0 Å². The Morgan fingerprint density at radius 2 is 1.55 bits per heavy atom. The van der Waals surface area contributed by atoms with E-state index >= 15 is 0 Å². The molecule has 0 aliphatic rings. The van der Waals surface area contributed by atoms with Gasteiger partial charge >= 0.3 is 51.4 Å². The van der Waals surface area contributed by atoms with Crippen molar-refractivity contribution in [3.63, 3.8) is 0 Å². The zero-order chi connectivity index (χ0) is 7.61. The van der Waals surface area contributed by atoms with Crippen LogP contribution >= 0.6 is 0 Å². The van der Waals surface area contributed by atoms with E-state index in [9.17, 15) is 4.80 Å². The second-order valence-electron chi connectivity index (χ2n) is 2.93. The summed E-state index contributed by atoms with van der Waals surface area (Å²) in [4.78, 5) is 9.63. The zero-order valence-corrected chi connectivity index (χ0v) is 7.33. The number of hydrogen-bond donors (Lipinski definition) is 1. The van der Waals surface area contributed by atoms with Gasteiger partial charge in [-0.2, -0.15) is 0 Å². The average Bonchev–Trinajstić information content (AvgIpc) is 1.88. The van der Waals surface area contributed by atoms with E-state index in [0.29, 0.717) is 0 Å². The van der Waals surface area contributed by atoms with Crippen LogP contribution in [0.2, 0.25) is 13.1 Å². The van der Waals surface area contributed by atoms with Crippen molar-refractivity contribution in [3.05, 3.63) is 30.3 Å². The summed E-state index contributed by atoms with van der Waals surface area (Å²) >= 11 is 0. The zero-order valence-electron chi connectivity index (χ0n) is 6.33. The molecule has 1 N–H and O–H groups in total. The average molecular weight is 192 g/mol. The van der Waals surface area contributed by atoms with Crippen molar-refractivity contribution in [2.24, 2.45) is 0 Å². The van der Waals surface area contributed by atoms with Gasteiger partial charge in [0.15, 0.2) is 0 Å². The summed E-state index contributed by atoms with van der Waals surface area (Å²) in [7, 11) is -2.03. The third-order valence-corrected chi connectivity index (χ3v) is 3.23. The third kappa shape index (κ3) is 3.98. The summed E-state index contributed by atoms with van der Waals surface area (Å²) in [6.45, 7) is 3.84. The van der Waals surface area contributed by atoms with Crippen molar-refractivity contribution in [3.8, 4) is 0 Å². The standard InChI is InChI=1S/C8H12OSi.K.H/c1-10(2,9)8-6-4-3-5-7-8;;/h3-7,9H,1-2H3;;. The Morgan fingerprint density at radius 3 is 1.82 bits per heavy atom. The van der Waals surface area contributed by atoms with Crippen LogP contribution in [0.25, 0.3) is 0 Å². The summed E-state index contributed by atoms with van der Waals surface area (Å²) in [6, 6.07) is 9.84. The first-order valence-corrected chi connectivity index (χ1v) is 6.33. The van der Waals surface area contributed by atoms with Crippen LogP contribution in [0, 0.1) is 0 Å². The second-order valence-corrected chi connectivity index (χ2v) is 6.62. The SMILES string of the molecule is C[Si](C)(O)c1ccccc1.[KH]. The molecule has 0 radical (unpaired) electrons. The Bertz CT molecular complexity index is 205. The van der Waals surface area contributed by atoms with Crippen LogP contribution < -0.4 is 5.19 Å². The molecule has 1 aromatic carbocycles. The van der Waals surface area contributed by atoms with E-state index in [1.54, 1.807) is 0 Å². The van der Waals surface area contributed by atoms with Crippen molar-refractivity contribution < 1.29 is 4.80 Å². The van der Waals surface area contributed by atoms with Gasteiger partial charge in [-0.3, -0.25) is 0 Å². The van der Waals surface area contributed by atoms with Crippen LogP contribution in [-0.4, -0.2) is 64.5 Å². The minimum atomic E-state index is -2.03. The molecule has 0 saturated carbocycles. The Hall–Kier alpha value is 1.03. The summed E-state index contributed by atoms with van der Waals surface area (Å²) in [6.07, 6.45) is 0. The van der Waals surface area contributed by atoms with Crippen molar-refractivity contribution in [1.29, 1.82) is 0 Å². The molecule has 0 heterocycles. The van der Waals surface area contributed by atoms with E-state index in [-0.39, 0.29) is 51.4 Å². The fraction of sp³-hybridized carbons (Fsp3) is 0.250. The summed E-state index contributed by atoms with van der Waals surface area (Å²) in [5.41, 5.74) is 0. The molecule has 0 aliphatic carbocycles. The van der Waals surface area contributed by atoms with Gasteiger partial charge in [0.05, 0.1) is 0 Å². The van der Waals surface area contributed by atoms with E-state index in [1.807, 2.05) is 43.4 Å². The van der Waals surface area contributed by atoms with Gasteiger partial charge in [0, 0.05) is 0 Å². The topological polar surface area (TPSA) is 20.2 Å². The molecule has 0 bridgehead atoms. The van der Waals surface area contributed by atoms with Crippen molar-refractivity contribution in [2.45, 2.75) is 13.1 Å². The van der Waals surface area contributed by atoms with Gasteiger partial charge in [0.25, 0.3) is 0 Å². The van der Waals surface area contributed by atoms with Crippen LogP contribution in [0.4, 0.5) is 0 Å². The summed E-state index contributed by atoms with van der Waals surface area (Å²) in [5.74, 6) is 0. The number of rotatable bonds is 1. The van der Waals surface area contributed by atoms with E-state index in [2.05, 4.69) is 0 Å². The first-order chi connectivity index (χ1) is 4.61. The van der Waals surface area contributed by atoms with E-state index in [0.717, 1.165) is 5.19 Å². The molecule has 0 aliphatic heterocycles. The molecule has 0 saturated heterocycles. The molecule has 0 atom stereocenters. The molecule has 0 fully saturated rings. The maximum absolute atomic E-state index is 9.63. The molecular weight excluding hydrogens is 179 g/mol. The van der Waals surface area contributed by atoms with Crippen molar-refractivity contribution in [1.82, 2.24) is 0 Å². The molecule has 0 amide bonds. The third-order valence-electron chi connectivity index (χ3n) is 1.48. The van der Waals surface area contributed by atoms with Gasteiger partial charge in [0.2, 0.25) is 8.32 Å². The Labute approximate surface area is 111 Å². The molecule has 1 aromatic rings. The Morgan fingerprint density at radius 1 is 1.09 bits per heavy atom. The van der Waals surface area contributed by atoms with Crippen molar-refractivity contribution in [2.75, 3.05) is 0 Å². The normalized spacial score (nSPS) is 10.5. The van der Waals surface area contributed by atoms with Gasteiger partial charge < -0.3 is 4.80 Å². The summed E-state index contributed by atoms with van der Waals surface area (Å²) < 4.78 is 0. The maximum atomic E-state index is 9.63. The molecule has 0 aromatic heterocycles. The Kier molecular flexibility index (Phi) is 5.38. The van der Waals surface area contributed by atoms with Gasteiger partial charge in [0.1, 0.15) is 0 Å². The fourth-order valence-corrected chi connectivity index (χ4v) is 1.85. The molecule has 1 rings (SSSR count). The minimum absolute atomic E-state index is 0. The van der Waals surface area contributed by atoms with Crippen LogP contribution in [0.5, 0.6) is 0 Å². The molecule has 0 unspecified atom stereocenters. The number of benzene rings is 1. The Balaban J connectivity index is 0.000001000. The first kappa shape index (κ1) is 12.0. The molecule has 1 nitrogen and oxygen atoms in total. The van der Waals surface area contributed by atoms with Crippen LogP contribution in [-0.2, 0) is 0 Å². The molecule has 11 heavy (non-hydrogen) atoms. The van der Waals surface area contributed by atoms with Crippen LogP contribution in [0.3, 0.4) is 0 Å². The predicted octanol–water partition coefficient (Wildman–Crippen LogP) is 0.442. The fourth-order valence-electron chi connectivity index (χ4n) is 0.846. The van der Waals surface area contributed by atoms with Gasteiger partial charge in [-0.15, -0.1) is 0 Å². The van der Waals surface area contributed by atoms with Crippen LogP contribution in [0.1, 0.15) is 0 Å². The van der Waals surface area contributed by atoms with Gasteiger partial charge in [-0.1, -0.05) is 30.3 Å². The van der Waals surface area contributed by atoms with Crippen LogP contribution in [0.15, 0.2) is 30.3 Å². The van der Waals surface area contributed by atoms with Gasteiger partial charge in [-0.05, 0) is 18.3 Å². The molecule has 56 valence electrons. The first-order valence-electron chi connectivity index (χ1n) is 3.38. The van der Waals surface area contributed by atoms with E-state index in [4.69, 9.17) is 0 Å². The summed E-state index contributed by atoms with van der Waals surface area (Å²) in [5, 5.41) is 1.09. The second kappa shape index (κ2) is 4.91. The van der Waals surface area contributed by atoms with E-state index in [1.165, 1.54) is 0 Å². The molecule has 3 heteroatoms.